The van der Waals surface area contributed by atoms with Gasteiger partial charge in [-0.2, -0.15) is 8.42 Å². The van der Waals surface area contributed by atoms with Gasteiger partial charge in [-0.3, -0.25) is 4.79 Å². The number of carbonyl (C=O) groups is 1. The van der Waals surface area contributed by atoms with Crippen LogP contribution in [0.25, 0.3) is 0 Å². The van der Waals surface area contributed by atoms with Crippen LogP contribution in [0.15, 0.2) is 27.5 Å². The van der Waals surface area contributed by atoms with E-state index in [1.165, 1.54) is 4.90 Å². The van der Waals surface area contributed by atoms with E-state index >= 15 is 0 Å². The van der Waals surface area contributed by atoms with Gasteiger partial charge in [0.15, 0.2) is 0 Å². The molecule has 0 bridgehead atoms. The van der Waals surface area contributed by atoms with Crippen molar-refractivity contribution in [1.29, 1.82) is 0 Å². The highest BCUT2D eigenvalue weighted by molar-refractivity contribution is 7.90. The summed E-state index contributed by atoms with van der Waals surface area (Å²) in [5.41, 5.74) is 1.37. The quantitative estimate of drug-likeness (QED) is 0.874. The van der Waals surface area contributed by atoms with Crippen molar-refractivity contribution >= 4 is 27.6 Å². The Balaban J connectivity index is 2.33. The summed E-state index contributed by atoms with van der Waals surface area (Å²) in [6.07, 6.45) is -0.101. The van der Waals surface area contributed by atoms with Crippen LogP contribution >= 0.6 is 0 Å². The third kappa shape index (κ3) is 3.38. The zero-order valence-corrected chi connectivity index (χ0v) is 13.5. The highest BCUT2D eigenvalue weighted by Gasteiger charge is 2.27. The van der Waals surface area contributed by atoms with Gasteiger partial charge in [0, 0.05) is 13.6 Å². The largest absolute Gasteiger partial charge is 0.481 e. The van der Waals surface area contributed by atoms with Crippen LogP contribution < -0.4 is 5.32 Å². The average molecular weight is 325 g/mol. The third-order valence-corrected chi connectivity index (χ3v) is 4.73. The first-order chi connectivity index (χ1) is 10.2. The molecule has 1 heterocycles. The van der Waals surface area contributed by atoms with Crippen LogP contribution in [0, 0.1) is 0 Å². The molecule has 0 unspecified atom stereocenters. The monoisotopic (exact) mass is 325 g/mol. The molecule has 1 aromatic carbocycles. The van der Waals surface area contributed by atoms with Crippen molar-refractivity contribution in [2.75, 3.05) is 18.9 Å². The zero-order chi connectivity index (χ0) is 16.5. The van der Waals surface area contributed by atoms with Gasteiger partial charge >= 0.3 is 5.97 Å². The van der Waals surface area contributed by atoms with E-state index < -0.39 is 16.0 Å². The van der Waals surface area contributed by atoms with Gasteiger partial charge in [0.05, 0.1) is 12.1 Å². The Hall–Kier alpha value is -2.09. The van der Waals surface area contributed by atoms with E-state index in [4.69, 9.17) is 5.11 Å². The van der Waals surface area contributed by atoms with Crippen LogP contribution in [0.2, 0.25) is 0 Å². The molecule has 0 saturated carbocycles. The number of guanidine groups is 1. The number of sulfonamides is 1. The molecule has 0 aromatic heterocycles. The number of carboxylic acids is 1. The van der Waals surface area contributed by atoms with Crippen molar-refractivity contribution in [1.82, 2.24) is 4.90 Å². The Morgan fingerprint density at radius 1 is 1.41 bits per heavy atom. The van der Waals surface area contributed by atoms with Crippen LogP contribution in [0.1, 0.15) is 31.7 Å². The Morgan fingerprint density at radius 2 is 2.09 bits per heavy atom. The lowest BCUT2D eigenvalue weighted by Crippen LogP contribution is -2.37. The predicted molar refractivity (Wildman–Crippen MR) is 83.7 cm³/mol. The Bertz CT molecular complexity index is 726. The molecule has 2 rings (SSSR count). The molecule has 0 fully saturated rings. The van der Waals surface area contributed by atoms with Crippen LogP contribution in [0.4, 0.5) is 5.69 Å². The topological polar surface area (TPSA) is 99.1 Å². The van der Waals surface area contributed by atoms with Crippen LogP contribution in [-0.2, 0) is 14.8 Å². The molecule has 0 radical (unpaired) electrons. The van der Waals surface area contributed by atoms with Crippen molar-refractivity contribution in [3.05, 3.63) is 23.8 Å². The summed E-state index contributed by atoms with van der Waals surface area (Å²) in [6.45, 7) is 4.13. The SMILES string of the molecule is CC(C)c1ccc2c(c1)S(=O)(=O)N=C(N(C)CCC(=O)O)N2. The molecule has 0 atom stereocenters. The molecular weight excluding hydrogens is 306 g/mol. The molecule has 8 heteroatoms. The van der Waals surface area contributed by atoms with Gasteiger partial charge in [-0.05, 0) is 23.6 Å². The number of benzene rings is 1. The van der Waals surface area contributed by atoms with E-state index in [-0.39, 0.29) is 29.7 Å². The minimum atomic E-state index is -3.79. The van der Waals surface area contributed by atoms with Gasteiger partial charge in [-0.15, -0.1) is 4.40 Å². The van der Waals surface area contributed by atoms with Crippen molar-refractivity contribution < 1.29 is 18.3 Å². The minimum Gasteiger partial charge on any atom is -0.481 e. The fourth-order valence-electron chi connectivity index (χ4n) is 2.06. The molecule has 0 spiro atoms. The summed E-state index contributed by atoms with van der Waals surface area (Å²) in [5, 5.41) is 11.6. The van der Waals surface area contributed by atoms with Gasteiger partial charge in [-0.1, -0.05) is 19.9 Å². The summed E-state index contributed by atoms with van der Waals surface area (Å²) in [7, 11) is -2.20. The maximum Gasteiger partial charge on any atom is 0.305 e. The van der Waals surface area contributed by atoms with Gasteiger partial charge in [0.1, 0.15) is 4.90 Å². The lowest BCUT2D eigenvalue weighted by atomic mass is 10.0. The average Bonchev–Trinajstić information content (AvgIpc) is 2.43. The van der Waals surface area contributed by atoms with E-state index in [1.54, 1.807) is 19.2 Å². The number of fused-ring (bicyclic) bond motifs is 1. The fourth-order valence-corrected chi connectivity index (χ4v) is 3.25. The first-order valence-corrected chi connectivity index (χ1v) is 8.33. The smallest absolute Gasteiger partial charge is 0.305 e. The third-order valence-electron chi connectivity index (χ3n) is 3.43. The van der Waals surface area contributed by atoms with E-state index in [9.17, 15) is 13.2 Å². The zero-order valence-electron chi connectivity index (χ0n) is 12.7. The summed E-state index contributed by atoms with van der Waals surface area (Å²) >= 11 is 0. The fraction of sp³-hybridized carbons (Fsp3) is 0.429. The van der Waals surface area contributed by atoms with E-state index in [0.717, 1.165) is 5.56 Å². The molecule has 22 heavy (non-hydrogen) atoms. The van der Waals surface area contributed by atoms with Gasteiger partial charge < -0.3 is 15.3 Å². The van der Waals surface area contributed by atoms with Crippen molar-refractivity contribution in [3.63, 3.8) is 0 Å². The number of nitrogens with one attached hydrogen (secondary N) is 1. The molecule has 0 aliphatic carbocycles. The lowest BCUT2D eigenvalue weighted by molar-refractivity contribution is -0.137. The van der Waals surface area contributed by atoms with Gasteiger partial charge in [-0.25, -0.2) is 0 Å². The molecule has 1 aliphatic heterocycles. The molecule has 0 saturated heterocycles. The maximum atomic E-state index is 12.3. The first kappa shape index (κ1) is 16.3. The highest BCUT2D eigenvalue weighted by atomic mass is 32.2. The maximum absolute atomic E-state index is 12.3. The van der Waals surface area contributed by atoms with Crippen molar-refractivity contribution in [2.45, 2.75) is 31.1 Å². The summed E-state index contributed by atoms with van der Waals surface area (Å²) < 4.78 is 28.4. The predicted octanol–water partition coefficient (Wildman–Crippen LogP) is 1.69. The van der Waals surface area contributed by atoms with Gasteiger partial charge in [0.25, 0.3) is 10.0 Å². The number of aliphatic carboxylic acids is 1. The number of rotatable bonds is 4. The number of hydrogen-bond acceptors (Lipinski definition) is 5. The van der Waals surface area contributed by atoms with Crippen molar-refractivity contribution in [2.24, 2.45) is 4.40 Å². The molecule has 0 amide bonds. The van der Waals surface area contributed by atoms with Crippen LogP contribution in [0.3, 0.4) is 0 Å². The molecule has 1 aliphatic rings. The Labute approximate surface area is 129 Å². The molecular formula is C14H19N3O4S. The second-order valence-corrected chi connectivity index (χ2v) is 7.06. The van der Waals surface area contributed by atoms with Gasteiger partial charge in [0.2, 0.25) is 5.96 Å². The molecule has 120 valence electrons. The summed E-state index contributed by atoms with van der Waals surface area (Å²) in [4.78, 5) is 12.2. The number of carboxylic acid groups (broad SMARTS) is 1. The number of nitrogens with zero attached hydrogens (tertiary/aromatic N) is 2. The summed E-state index contributed by atoms with van der Waals surface area (Å²) in [6, 6.07) is 5.20. The standard InChI is InChI=1S/C14H19N3O4S/c1-9(2)10-4-5-11-12(8-10)22(20,21)16-14(15-11)17(3)7-6-13(18)19/h4-5,8-9H,6-7H2,1-3H3,(H,15,16)(H,18,19). The first-order valence-electron chi connectivity index (χ1n) is 6.89. The van der Waals surface area contributed by atoms with Crippen LogP contribution in [-0.4, -0.2) is 43.9 Å². The van der Waals surface area contributed by atoms with E-state index in [2.05, 4.69) is 9.71 Å². The Morgan fingerprint density at radius 3 is 2.68 bits per heavy atom. The van der Waals surface area contributed by atoms with E-state index in [1.807, 2.05) is 19.9 Å². The second kappa shape index (κ2) is 5.96. The lowest BCUT2D eigenvalue weighted by Gasteiger charge is -2.26. The second-order valence-electron chi connectivity index (χ2n) is 5.49. The number of hydrogen-bond donors (Lipinski definition) is 2. The summed E-state index contributed by atoms with van der Waals surface area (Å²) in [5.74, 6) is -0.608. The minimum absolute atomic E-state index is 0.101. The van der Waals surface area contributed by atoms with Crippen molar-refractivity contribution in [3.8, 4) is 0 Å². The highest BCUT2D eigenvalue weighted by Crippen LogP contribution is 2.30. The number of anilines is 1. The Kier molecular flexibility index (Phi) is 4.41. The molecule has 2 N–H and O–H groups in total. The van der Waals surface area contributed by atoms with E-state index in [0.29, 0.717) is 5.69 Å². The van der Waals surface area contributed by atoms with Crippen LogP contribution in [0.5, 0.6) is 0 Å². The molecule has 7 nitrogen and oxygen atoms in total. The molecule has 1 aromatic rings. The normalized spacial score (nSPS) is 15.7.